The minimum Gasteiger partial charge on any atom is -0.459 e. The number of nitrogens with zero attached hydrogens (tertiary/aromatic N) is 1. The molecule has 0 aliphatic heterocycles. The molecule has 0 saturated carbocycles. The van der Waals surface area contributed by atoms with Gasteiger partial charge >= 0.3 is 5.97 Å². The number of ether oxygens (including phenoxy) is 1. The second-order valence-corrected chi connectivity index (χ2v) is 4.17. The lowest BCUT2D eigenvalue weighted by Gasteiger charge is -2.12. The summed E-state index contributed by atoms with van der Waals surface area (Å²) in [5.74, 6) is -0.456. The van der Waals surface area contributed by atoms with Gasteiger partial charge in [-0.2, -0.15) is 0 Å². The fraction of sp³-hybridized carbons (Fsp3) is 0.357. The SMILES string of the molecule is CC=CCCC(C)OC(=O)c1ccc([N+](=O)[O-])cc1. The fourth-order valence-electron chi connectivity index (χ4n) is 1.53. The molecule has 5 heteroatoms. The summed E-state index contributed by atoms with van der Waals surface area (Å²) >= 11 is 0. The summed E-state index contributed by atoms with van der Waals surface area (Å²) in [4.78, 5) is 21.7. The van der Waals surface area contributed by atoms with E-state index in [1.807, 2.05) is 26.0 Å². The minimum atomic E-state index is -0.505. The molecule has 1 aromatic carbocycles. The molecule has 19 heavy (non-hydrogen) atoms. The van der Waals surface area contributed by atoms with Crippen molar-refractivity contribution < 1.29 is 14.5 Å². The number of esters is 1. The summed E-state index contributed by atoms with van der Waals surface area (Å²) in [7, 11) is 0. The Morgan fingerprint density at radius 2 is 2.05 bits per heavy atom. The first-order chi connectivity index (χ1) is 9.04. The van der Waals surface area contributed by atoms with Gasteiger partial charge in [0.2, 0.25) is 0 Å². The molecule has 0 bridgehead atoms. The van der Waals surface area contributed by atoms with Crippen molar-refractivity contribution in [2.45, 2.75) is 32.8 Å². The molecule has 0 heterocycles. The molecule has 1 rings (SSSR count). The molecule has 0 aliphatic rings. The topological polar surface area (TPSA) is 69.4 Å². The van der Waals surface area contributed by atoms with Crippen molar-refractivity contribution in [1.29, 1.82) is 0 Å². The minimum absolute atomic E-state index is 0.0438. The fourth-order valence-corrected chi connectivity index (χ4v) is 1.53. The number of benzene rings is 1. The molecule has 0 N–H and O–H groups in total. The first-order valence-electron chi connectivity index (χ1n) is 6.11. The molecule has 1 unspecified atom stereocenters. The normalized spacial score (nSPS) is 12.3. The van der Waals surface area contributed by atoms with Gasteiger partial charge in [0.05, 0.1) is 16.6 Å². The van der Waals surface area contributed by atoms with Gasteiger partial charge in [0.1, 0.15) is 0 Å². The molecule has 102 valence electrons. The molecule has 5 nitrogen and oxygen atoms in total. The van der Waals surface area contributed by atoms with Crippen molar-refractivity contribution in [2.75, 3.05) is 0 Å². The van der Waals surface area contributed by atoms with Crippen LogP contribution < -0.4 is 0 Å². The third kappa shape index (κ3) is 4.91. The van der Waals surface area contributed by atoms with E-state index in [1.165, 1.54) is 24.3 Å². The Bertz CT molecular complexity index is 465. The van der Waals surface area contributed by atoms with Crippen LogP contribution in [0.25, 0.3) is 0 Å². The van der Waals surface area contributed by atoms with Gasteiger partial charge < -0.3 is 4.74 Å². The number of hydrogen-bond donors (Lipinski definition) is 0. The molecule has 1 atom stereocenters. The van der Waals surface area contributed by atoms with Crippen molar-refractivity contribution in [3.63, 3.8) is 0 Å². The predicted octanol–water partition coefficient (Wildman–Crippen LogP) is 3.50. The van der Waals surface area contributed by atoms with Crippen LogP contribution in [-0.4, -0.2) is 17.0 Å². The Labute approximate surface area is 112 Å². The van der Waals surface area contributed by atoms with Gasteiger partial charge in [-0.1, -0.05) is 12.2 Å². The van der Waals surface area contributed by atoms with Gasteiger partial charge in [0.15, 0.2) is 0 Å². The van der Waals surface area contributed by atoms with E-state index in [0.717, 1.165) is 12.8 Å². The van der Waals surface area contributed by atoms with Crippen LogP contribution in [0.1, 0.15) is 37.0 Å². The average Bonchev–Trinajstić information content (AvgIpc) is 2.39. The van der Waals surface area contributed by atoms with E-state index in [4.69, 9.17) is 4.74 Å². The van der Waals surface area contributed by atoms with Crippen LogP contribution >= 0.6 is 0 Å². The highest BCUT2D eigenvalue weighted by atomic mass is 16.6. The number of allylic oxidation sites excluding steroid dienone is 2. The lowest BCUT2D eigenvalue weighted by atomic mass is 10.2. The van der Waals surface area contributed by atoms with Gasteiger partial charge in [0.25, 0.3) is 5.69 Å². The van der Waals surface area contributed by atoms with E-state index >= 15 is 0 Å². The number of carbonyl (C=O) groups excluding carboxylic acids is 1. The zero-order valence-corrected chi connectivity index (χ0v) is 11.0. The maximum atomic E-state index is 11.8. The summed E-state index contributed by atoms with van der Waals surface area (Å²) in [5, 5.41) is 10.5. The van der Waals surface area contributed by atoms with Crippen LogP contribution in [0.3, 0.4) is 0 Å². The molecule has 0 aliphatic carbocycles. The van der Waals surface area contributed by atoms with Crippen molar-refractivity contribution in [2.24, 2.45) is 0 Å². The van der Waals surface area contributed by atoms with Crippen molar-refractivity contribution in [1.82, 2.24) is 0 Å². The van der Waals surface area contributed by atoms with Crippen molar-refractivity contribution >= 4 is 11.7 Å². The zero-order valence-electron chi connectivity index (χ0n) is 11.0. The lowest BCUT2D eigenvalue weighted by Crippen LogP contribution is -2.14. The summed E-state index contributed by atoms with van der Waals surface area (Å²) in [5.41, 5.74) is 0.279. The molecule has 0 fully saturated rings. The van der Waals surface area contributed by atoms with Crippen LogP contribution in [0.4, 0.5) is 5.69 Å². The molecule has 0 amide bonds. The second kappa shape index (κ2) is 7.31. The summed E-state index contributed by atoms with van der Waals surface area (Å²) < 4.78 is 5.24. The zero-order chi connectivity index (χ0) is 14.3. The molecular formula is C14H17NO4. The number of carbonyl (C=O) groups is 1. The number of non-ortho nitro benzene ring substituents is 1. The molecule has 0 radical (unpaired) electrons. The Balaban J connectivity index is 2.55. The Morgan fingerprint density at radius 1 is 1.42 bits per heavy atom. The third-order valence-electron chi connectivity index (χ3n) is 2.60. The first-order valence-corrected chi connectivity index (χ1v) is 6.11. The van der Waals surface area contributed by atoms with Crippen LogP contribution in [0.5, 0.6) is 0 Å². The number of rotatable bonds is 6. The van der Waals surface area contributed by atoms with Gasteiger partial charge in [-0.15, -0.1) is 0 Å². The van der Waals surface area contributed by atoms with Crippen molar-refractivity contribution in [3.05, 3.63) is 52.1 Å². The van der Waals surface area contributed by atoms with E-state index in [-0.39, 0.29) is 11.8 Å². The molecule has 1 aromatic rings. The van der Waals surface area contributed by atoms with Gasteiger partial charge in [-0.05, 0) is 38.8 Å². The summed E-state index contributed by atoms with van der Waals surface area (Å²) in [6.07, 6.45) is 5.38. The standard InChI is InChI=1S/C14H17NO4/c1-3-4-5-6-11(2)19-14(16)12-7-9-13(10-8-12)15(17)18/h3-4,7-11H,5-6H2,1-2H3. The van der Waals surface area contributed by atoms with E-state index < -0.39 is 10.9 Å². The van der Waals surface area contributed by atoms with Gasteiger partial charge in [0, 0.05) is 12.1 Å². The maximum absolute atomic E-state index is 11.8. The Kier molecular flexibility index (Phi) is 5.73. The maximum Gasteiger partial charge on any atom is 0.338 e. The molecule has 0 saturated heterocycles. The van der Waals surface area contributed by atoms with E-state index in [9.17, 15) is 14.9 Å². The van der Waals surface area contributed by atoms with Gasteiger partial charge in [-0.25, -0.2) is 4.79 Å². The number of nitro groups is 1. The Morgan fingerprint density at radius 3 is 2.58 bits per heavy atom. The first kappa shape index (κ1) is 14.9. The van der Waals surface area contributed by atoms with Crippen LogP contribution in [0, 0.1) is 10.1 Å². The summed E-state index contributed by atoms with van der Waals surface area (Å²) in [6, 6.07) is 5.39. The average molecular weight is 263 g/mol. The highest BCUT2D eigenvalue weighted by Crippen LogP contribution is 2.14. The van der Waals surface area contributed by atoms with Crippen LogP contribution in [0.15, 0.2) is 36.4 Å². The molecular weight excluding hydrogens is 246 g/mol. The van der Waals surface area contributed by atoms with Gasteiger partial charge in [-0.3, -0.25) is 10.1 Å². The predicted molar refractivity (Wildman–Crippen MR) is 72.0 cm³/mol. The third-order valence-corrected chi connectivity index (χ3v) is 2.60. The van der Waals surface area contributed by atoms with Crippen LogP contribution in [0.2, 0.25) is 0 Å². The van der Waals surface area contributed by atoms with Crippen molar-refractivity contribution in [3.8, 4) is 0 Å². The number of hydrogen-bond acceptors (Lipinski definition) is 4. The Hall–Kier alpha value is -2.17. The van der Waals surface area contributed by atoms with E-state index in [2.05, 4.69) is 0 Å². The monoisotopic (exact) mass is 263 g/mol. The molecule has 0 aromatic heterocycles. The largest absolute Gasteiger partial charge is 0.459 e. The highest BCUT2D eigenvalue weighted by molar-refractivity contribution is 5.89. The lowest BCUT2D eigenvalue weighted by molar-refractivity contribution is -0.384. The smallest absolute Gasteiger partial charge is 0.338 e. The molecule has 0 spiro atoms. The quantitative estimate of drug-likeness (QED) is 0.341. The summed E-state index contributed by atoms with van der Waals surface area (Å²) in [6.45, 7) is 3.76. The second-order valence-electron chi connectivity index (χ2n) is 4.17. The van der Waals surface area contributed by atoms with E-state index in [0.29, 0.717) is 5.56 Å². The highest BCUT2D eigenvalue weighted by Gasteiger charge is 2.13. The van der Waals surface area contributed by atoms with E-state index in [1.54, 1.807) is 0 Å². The van der Waals surface area contributed by atoms with Crippen LogP contribution in [-0.2, 0) is 4.74 Å². The number of nitro benzene ring substituents is 1.